The minimum absolute atomic E-state index is 0.308. The smallest absolute Gasteiger partial charge is 0.407 e. The van der Waals surface area contributed by atoms with E-state index in [4.69, 9.17) is 10.5 Å². The second-order valence-corrected chi connectivity index (χ2v) is 5.19. The van der Waals surface area contributed by atoms with Crippen LogP contribution in [0.2, 0.25) is 0 Å². The standard InChI is InChI=1S/C14H22N4O2/c1-14(2,3)20-13(19)17-10-9-16-12(15)18-11-7-5-4-6-8-11/h4-8H,9-10H2,1-3H3,(H,17,19)(H3,15,16,18). The maximum absolute atomic E-state index is 11.4. The first-order chi connectivity index (χ1) is 9.37. The van der Waals surface area contributed by atoms with Gasteiger partial charge in [-0.3, -0.25) is 4.99 Å². The Labute approximate surface area is 119 Å². The number of guanidine groups is 1. The first-order valence-corrected chi connectivity index (χ1v) is 6.46. The van der Waals surface area contributed by atoms with Crippen LogP contribution >= 0.6 is 0 Å². The Morgan fingerprint density at radius 1 is 1.30 bits per heavy atom. The zero-order chi connectivity index (χ0) is 15.0. The summed E-state index contributed by atoms with van der Waals surface area (Å²) < 4.78 is 5.10. The van der Waals surface area contributed by atoms with E-state index < -0.39 is 11.7 Å². The van der Waals surface area contributed by atoms with Crippen molar-refractivity contribution in [3.63, 3.8) is 0 Å². The van der Waals surface area contributed by atoms with Crippen molar-refractivity contribution >= 4 is 17.7 Å². The summed E-state index contributed by atoms with van der Waals surface area (Å²) >= 11 is 0. The molecule has 0 aliphatic heterocycles. The first-order valence-electron chi connectivity index (χ1n) is 6.46. The molecule has 0 aliphatic carbocycles. The summed E-state index contributed by atoms with van der Waals surface area (Å²) in [5.74, 6) is 0.308. The lowest BCUT2D eigenvalue weighted by molar-refractivity contribution is 0.0529. The lowest BCUT2D eigenvalue weighted by atomic mass is 10.2. The number of amides is 1. The highest BCUT2D eigenvalue weighted by molar-refractivity contribution is 5.92. The fourth-order valence-electron chi connectivity index (χ4n) is 1.36. The average molecular weight is 278 g/mol. The maximum atomic E-state index is 11.4. The van der Waals surface area contributed by atoms with Crippen molar-refractivity contribution in [1.29, 1.82) is 0 Å². The molecular weight excluding hydrogens is 256 g/mol. The number of aliphatic imine (C=N–C) groups is 1. The number of nitrogens with two attached hydrogens (primary N) is 1. The van der Waals surface area contributed by atoms with Crippen molar-refractivity contribution in [2.45, 2.75) is 26.4 Å². The van der Waals surface area contributed by atoms with Crippen molar-refractivity contribution in [3.8, 4) is 0 Å². The van der Waals surface area contributed by atoms with Crippen LogP contribution in [0.5, 0.6) is 0 Å². The van der Waals surface area contributed by atoms with Crippen LogP contribution in [-0.2, 0) is 4.74 Å². The molecule has 0 aliphatic rings. The van der Waals surface area contributed by atoms with E-state index in [9.17, 15) is 4.79 Å². The number of anilines is 1. The lowest BCUT2D eigenvalue weighted by Crippen LogP contribution is -2.34. The minimum Gasteiger partial charge on any atom is -0.444 e. The highest BCUT2D eigenvalue weighted by atomic mass is 16.6. The SMILES string of the molecule is CC(C)(C)OC(=O)NCCN=C(N)Nc1ccccc1. The van der Waals surface area contributed by atoms with Gasteiger partial charge in [-0.05, 0) is 32.9 Å². The third-order valence-corrected chi connectivity index (χ3v) is 2.11. The molecule has 20 heavy (non-hydrogen) atoms. The number of para-hydroxylation sites is 1. The van der Waals surface area contributed by atoms with Crippen LogP contribution in [0.4, 0.5) is 10.5 Å². The summed E-state index contributed by atoms with van der Waals surface area (Å²) in [6, 6.07) is 9.51. The van der Waals surface area contributed by atoms with E-state index in [0.717, 1.165) is 5.69 Å². The number of rotatable bonds is 4. The van der Waals surface area contributed by atoms with E-state index in [2.05, 4.69) is 15.6 Å². The van der Waals surface area contributed by atoms with Gasteiger partial charge >= 0.3 is 6.09 Å². The monoisotopic (exact) mass is 278 g/mol. The first kappa shape index (κ1) is 15.8. The summed E-state index contributed by atoms with van der Waals surface area (Å²) in [7, 11) is 0. The van der Waals surface area contributed by atoms with Crippen molar-refractivity contribution in [1.82, 2.24) is 5.32 Å². The fraction of sp³-hybridized carbons (Fsp3) is 0.429. The largest absolute Gasteiger partial charge is 0.444 e. The summed E-state index contributed by atoms with van der Waals surface area (Å²) in [6.45, 7) is 6.18. The Morgan fingerprint density at radius 2 is 1.95 bits per heavy atom. The van der Waals surface area contributed by atoms with Crippen LogP contribution in [0.15, 0.2) is 35.3 Å². The molecule has 1 amide bonds. The predicted octanol–water partition coefficient (Wildman–Crippen LogP) is 1.94. The van der Waals surface area contributed by atoms with Crippen molar-refractivity contribution in [2.24, 2.45) is 10.7 Å². The second-order valence-electron chi connectivity index (χ2n) is 5.19. The number of alkyl carbamates (subject to hydrolysis) is 1. The van der Waals surface area contributed by atoms with Crippen molar-refractivity contribution in [3.05, 3.63) is 30.3 Å². The van der Waals surface area contributed by atoms with E-state index in [1.165, 1.54) is 0 Å². The van der Waals surface area contributed by atoms with Crippen LogP contribution < -0.4 is 16.4 Å². The molecule has 110 valence electrons. The van der Waals surface area contributed by atoms with E-state index in [1.807, 2.05) is 51.1 Å². The summed E-state index contributed by atoms with van der Waals surface area (Å²) in [5.41, 5.74) is 6.09. The molecule has 0 spiro atoms. The van der Waals surface area contributed by atoms with Gasteiger partial charge in [0.1, 0.15) is 5.60 Å². The number of benzene rings is 1. The van der Waals surface area contributed by atoms with Crippen molar-refractivity contribution < 1.29 is 9.53 Å². The van der Waals surface area contributed by atoms with Gasteiger partial charge in [-0.15, -0.1) is 0 Å². The topological polar surface area (TPSA) is 88.7 Å². The van der Waals surface area contributed by atoms with Crippen LogP contribution in [0, 0.1) is 0 Å². The van der Waals surface area contributed by atoms with Gasteiger partial charge in [-0.1, -0.05) is 18.2 Å². The molecule has 1 aromatic rings. The number of carbonyl (C=O) groups is 1. The van der Waals surface area contributed by atoms with Gasteiger partial charge in [0.2, 0.25) is 0 Å². The molecule has 0 fully saturated rings. The number of nitrogens with zero attached hydrogens (tertiary/aromatic N) is 1. The van der Waals surface area contributed by atoms with Gasteiger partial charge in [-0.2, -0.15) is 0 Å². The molecule has 0 heterocycles. The third-order valence-electron chi connectivity index (χ3n) is 2.11. The number of carbonyl (C=O) groups excluding carboxylic acids is 1. The van der Waals surface area contributed by atoms with Gasteiger partial charge in [0.15, 0.2) is 5.96 Å². The Bertz CT molecular complexity index is 452. The molecular formula is C14H22N4O2. The Kier molecular flexibility index (Phi) is 5.83. The molecule has 0 saturated heterocycles. The van der Waals surface area contributed by atoms with Gasteiger partial charge in [0.25, 0.3) is 0 Å². The molecule has 0 saturated carbocycles. The van der Waals surface area contributed by atoms with Gasteiger partial charge < -0.3 is 21.1 Å². The Morgan fingerprint density at radius 3 is 2.55 bits per heavy atom. The molecule has 1 rings (SSSR count). The van der Waals surface area contributed by atoms with Gasteiger partial charge in [0.05, 0.1) is 6.54 Å². The summed E-state index contributed by atoms with van der Waals surface area (Å²) in [6.07, 6.45) is -0.456. The number of nitrogens with one attached hydrogen (secondary N) is 2. The average Bonchev–Trinajstić information content (AvgIpc) is 2.34. The van der Waals surface area contributed by atoms with Gasteiger partial charge in [-0.25, -0.2) is 4.79 Å². The highest BCUT2D eigenvalue weighted by Gasteiger charge is 2.15. The molecule has 0 radical (unpaired) electrons. The predicted molar refractivity (Wildman–Crippen MR) is 80.8 cm³/mol. The van der Waals surface area contributed by atoms with E-state index in [-0.39, 0.29) is 0 Å². The van der Waals surface area contributed by atoms with Crippen LogP contribution in [0.1, 0.15) is 20.8 Å². The fourth-order valence-corrected chi connectivity index (χ4v) is 1.36. The summed E-state index contributed by atoms with van der Waals surface area (Å²) in [5, 5.41) is 5.56. The van der Waals surface area contributed by atoms with Crippen molar-refractivity contribution in [2.75, 3.05) is 18.4 Å². The van der Waals surface area contributed by atoms with Crippen LogP contribution in [0.25, 0.3) is 0 Å². The number of ether oxygens (including phenoxy) is 1. The van der Waals surface area contributed by atoms with E-state index in [0.29, 0.717) is 19.0 Å². The molecule has 0 aromatic heterocycles. The van der Waals surface area contributed by atoms with Crippen LogP contribution in [0.3, 0.4) is 0 Å². The molecule has 1 aromatic carbocycles. The molecule has 0 bridgehead atoms. The van der Waals surface area contributed by atoms with Gasteiger partial charge in [0, 0.05) is 12.2 Å². The van der Waals surface area contributed by atoms with E-state index in [1.54, 1.807) is 0 Å². The third kappa shape index (κ3) is 7.25. The lowest BCUT2D eigenvalue weighted by Gasteiger charge is -2.19. The zero-order valence-electron chi connectivity index (χ0n) is 12.1. The molecule has 6 nitrogen and oxygen atoms in total. The van der Waals surface area contributed by atoms with E-state index >= 15 is 0 Å². The second kappa shape index (κ2) is 7.37. The molecule has 6 heteroatoms. The molecule has 4 N–H and O–H groups in total. The summed E-state index contributed by atoms with van der Waals surface area (Å²) in [4.78, 5) is 15.5. The maximum Gasteiger partial charge on any atom is 0.407 e. The quantitative estimate of drug-likeness (QED) is 0.446. The molecule has 0 atom stereocenters. The minimum atomic E-state index is -0.499. The molecule has 0 unspecified atom stereocenters. The normalized spacial score (nSPS) is 11.8. The highest BCUT2D eigenvalue weighted by Crippen LogP contribution is 2.06. The number of hydrogen-bond acceptors (Lipinski definition) is 3. The zero-order valence-corrected chi connectivity index (χ0v) is 12.1. The van der Waals surface area contributed by atoms with Crippen LogP contribution in [-0.4, -0.2) is 30.7 Å². The number of hydrogen-bond donors (Lipinski definition) is 3. The Balaban J connectivity index is 2.26. The Hall–Kier alpha value is -2.24.